The van der Waals surface area contributed by atoms with Crippen LogP contribution >= 0.6 is 0 Å². The lowest BCUT2D eigenvalue weighted by atomic mass is 9.33. The number of nitrogens with zero attached hydrogens (tertiary/aromatic N) is 2. The van der Waals surface area contributed by atoms with E-state index in [1.165, 1.54) is 119 Å². The molecule has 0 fully saturated rings. The third-order valence-electron chi connectivity index (χ3n) is 15.5. The molecular weight excluding hydrogens is 735 g/mol. The number of fused-ring (bicyclic) bond motifs is 6. The number of anilines is 6. The lowest BCUT2D eigenvalue weighted by Gasteiger charge is -2.47. The van der Waals surface area contributed by atoms with Crippen LogP contribution in [0.1, 0.15) is 140 Å². The van der Waals surface area contributed by atoms with Crippen molar-refractivity contribution in [1.29, 1.82) is 0 Å². The Kier molecular flexibility index (Phi) is 8.55. The normalized spacial score (nSPS) is 18.6. The maximum Gasteiger partial charge on any atom is 0.252 e. The third-order valence-corrected chi connectivity index (χ3v) is 15.5. The molecule has 3 heteroatoms. The average Bonchev–Trinajstić information content (AvgIpc) is 3.37. The molecule has 6 aromatic rings. The van der Waals surface area contributed by atoms with Gasteiger partial charge >= 0.3 is 0 Å². The zero-order valence-electron chi connectivity index (χ0n) is 39.4. The average molecular weight is 801 g/mol. The van der Waals surface area contributed by atoms with Crippen LogP contribution in [-0.2, 0) is 27.1 Å². The molecule has 6 aromatic carbocycles. The molecule has 0 atom stereocenters. The van der Waals surface area contributed by atoms with Gasteiger partial charge in [0, 0.05) is 34.1 Å². The van der Waals surface area contributed by atoms with Crippen molar-refractivity contribution in [1.82, 2.24) is 0 Å². The highest BCUT2D eigenvalue weighted by atomic mass is 15.2. The van der Waals surface area contributed by atoms with Crippen LogP contribution in [0, 0.1) is 20.8 Å². The zero-order valence-corrected chi connectivity index (χ0v) is 39.4. The summed E-state index contributed by atoms with van der Waals surface area (Å²) in [6, 6.07) is 40.9. The second kappa shape index (κ2) is 13.0. The molecule has 310 valence electrons. The predicted octanol–water partition coefficient (Wildman–Crippen LogP) is 14.0. The Morgan fingerprint density at radius 3 is 1.62 bits per heavy atom. The highest BCUT2D eigenvalue weighted by molar-refractivity contribution is 7.00. The summed E-state index contributed by atoms with van der Waals surface area (Å²) in [5, 5.41) is 0. The molecule has 2 aliphatic heterocycles. The topological polar surface area (TPSA) is 6.48 Å². The summed E-state index contributed by atoms with van der Waals surface area (Å²) in [4.78, 5) is 5.36. The van der Waals surface area contributed by atoms with Gasteiger partial charge in [0.05, 0.1) is 0 Å². The molecule has 0 radical (unpaired) electrons. The van der Waals surface area contributed by atoms with Gasteiger partial charge in [0.15, 0.2) is 0 Å². The van der Waals surface area contributed by atoms with E-state index in [4.69, 9.17) is 0 Å². The first-order valence-corrected chi connectivity index (χ1v) is 23.0. The maximum atomic E-state index is 2.71. The van der Waals surface area contributed by atoms with E-state index in [0.29, 0.717) is 0 Å². The smallest absolute Gasteiger partial charge is 0.252 e. The van der Waals surface area contributed by atoms with Crippen molar-refractivity contribution in [3.63, 3.8) is 0 Å². The quantitative estimate of drug-likeness (QED) is 0.164. The summed E-state index contributed by atoms with van der Waals surface area (Å²) in [6.07, 6.45) is 3.53. The molecule has 4 aliphatic rings. The van der Waals surface area contributed by atoms with Gasteiger partial charge < -0.3 is 9.80 Å². The van der Waals surface area contributed by atoms with Crippen molar-refractivity contribution in [2.24, 2.45) is 0 Å². The number of hydrogen-bond donors (Lipinski definition) is 0. The van der Waals surface area contributed by atoms with Gasteiger partial charge in [0.25, 0.3) is 6.71 Å². The minimum absolute atomic E-state index is 0.00450. The first-order chi connectivity index (χ1) is 28.6. The Morgan fingerprint density at radius 2 is 1.00 bits per heavy atom. The number of benzene rings is 6. The molecule has 0 saturated heterocycles. The summed E-state index contributed by atoms with van der Waals surface area (Å²) >= 11 is 0. The van der Waals surface area contributed by atoms with Gasteiger partial charge in [-0.15, -0.1) is 0 Å². The fourth-order valence-corrected chi connectivity index (χ4v) is 12.2. The van der Waals surface area contributed by atoms with Crippen molar-refractivity contribution in [2.75, 3.05) is 9.80 Å². The molecule has 0 bridgehead atoms. The van der Waals surface area contributed by atoms with E-state index in [2.05, 4.69) is 210 Å². The van der Waals surface area contributed by atoms with Crippen LogP contribution in [0.25, 0.3) is 11.1 Å². The van der Waals surface area contributed by atoms with E-state index in [1.807, 2.05) is 0 Å². The molecule has 0 unspecified atom stereocenters. The molecule has 0 saturated carbocycles. The molecular formula is C58H65BN2. The summed E-state index contributed by atoms with van der Waals surface area (Å²) in [5.41, 5.74) is 26.1. The molecule has 2 heterocycles. The Labute approximate surface area is 367 Å². The molecule has 2 aliphatic carbocycles. The standard InChI is InChI=1S/C58H65BN2/c1-35-26-51-53-52(27-35)61(48-32-43-41(28-37(48)3)55(7,8)24-25-56(43,9)10)50-33-44-42(57(11,12)34-58(44,13)14)31-46(50)59(53)45-23-21-39(38-18-16-15-17-19-38)29-49(45)60(51)47-30-40(54(4,5)6)22-20-36(47)2/h15-23,26-33H,24-25,34H2,1-14H3. The van der Waals surface area contributed by atoms with Crippen LogP contribution in [0.15, 0.2) is 103 Å². The Balaban J connectivity index is 1.33. The van der Waals surface area contributed by atoms with Crippen molar-refractivity contribution >= 4 is 57.2 Å². The van der Waals surface area contributed by atoms with Gasteiger partial charge in [-0.1, -0.05) is 143 Å². The van der Waals surface area contributed by atoms with Crippen LogP contribution in [0.4, 0.5) is 34.1 Å². The lowest BCUT2D eigenvalue weighted by Crippen LogP contribution is -2.61. The Hall–Kier alpha value is -5.02. The van der Waals surface area contributed by atoms with E-state index in [1.54, 1.807) is 0 Å². The summed E-state index contributed by atoms with van der Waals surface area (Å²) < 4.78 is 0. The van der Waals surface area contributed by atoms with Crippen LogP contribution < -0.4 is 26.2 Å². The first-order valence-electron chi connectivity index (χ1n) is 23.0. The van der Waals surface area contributed by atoms with Crippen LogP contribution in [0.3, 0.4) is 0 Å². The zero-order chi connectivity index (χ0) is 43.3. The van der Waals surface area contributed by atoms with Crippen molar-refractivity contribution in [3.05, 3.63) is 148 Å². The van der Waals surface area contributed by atoms with Gasteiger partial charge in [0.1, 0.15) is 0 Å². The fourth-order valence-electron chi connectivity index (χ4n) is 12.2. The Bertz CT molecular complexity index is 2810. The molecule has 2 nitrogen and oxygen atoms in total. The molecule has 0 N–H and O–H groups in total. The second-order valence-corrected chi connectivity index (χ2v) is 23.1. The molecule has 0 amide bonds. The van der Waals surface area contributed by atoms with Gasteiger partial charge in [-0.3, -0.25) is 0 Å². The maximum absolute atomic E-state index is 2.71. The highest BCUT2D eigenvalue weighted by Crippen LogP contribution is 2.55. The van der Waals surface area contributed by atoms with Crippen molar-refractivity contribution in [3.8, 4) is 11.1 Å². The summed E-state index contributed by atoms with van der Waals surface area (Å²) in [5.74, 6) is 0. The van der Waals surface area contributed by atoms with Gasteiger partial charge in [0.2, 0.25) is 0 Å². The number of hydrogen-bond acceptors (Lipinski definition) is 2. The van der Waals surface area contributed by atoms with Gasteiger partial charge in [-0.25, -0.2) is 0 Å². The largest absolute Gasteiger partial charge is 0.311 e. The molecule has 61 heavy (non-hydrogen) atoms. The van der Waals surface area contributed by atoms with E-state index < -0.39 is 0 Å². The minimum Gasteiger partial charge on any atom is -0.311 e. The number of aryl methyl sites for hydroxylation is 3. The summed E-state index contributed by atoms with van der Waals surface area (Å²) in [7, 11) is 0. The first kappa shape index (κ1) is 40.1. The van der Waals surface area contributed by atoms with E-state index in [9.17, 15) is 0 Å². The highest BCUT2D eigenvalue weighted by Gasteiger charge is 2.49. The monoisotopic (exact) mass is 801 g/mol. The number of rotatable bonds is 3. The van der Waals surface area contributed by atoms with Crippen molar-refractivity contribution < 1.29 is 0 Å². The van der Waals surface area contributed by atoms with E-state index in [-0.39, 0.29) is 33.8 Å². The van der Waals surface area contributed by atoms with Crippen LogP contribution in [-0.4, -0.2) is 6.71 Å². The molecule has 10 rings (SSSR count). The minimum atomic E-state index is 0.00450. The van der Waals surface area contributed by atoms with E-state index >= 15 is 0 Å². The SMILES string of the molecule is Cc1cc2c3c(c1)N(c1cc4c(cc1C)C(C)(C)CCC4(C)C)c1cc4c(cc1B3c1ccc(-c3ccccc3)cc1N2c1cc(C(C)(C)C)ccc1C)C(C)(C)CC4(C)C. The third kappa shape index (κ3) is 6.03. The van der Waals surface area contributed by atoms with Crippen LogP contribution in [0.5, 0.6) is 0 Å². The molecule has 0 aromatic heterocycles. The van der Waals surface area contributed by atoms with Crippen LogP contribution in [0.2, 0.25) is 0 Å². The Morgan fingerprint density at radius 1 is 0.459 bits per heavy atom. The van der Waals surface area contributed by atoms with Gasteiger partial charge in [-0.05, 0) is 176 Å². The fraction of sp³-hybridized carbons (Fsp3) is 0.379. The summed E-state index contributed by atoms with van der Waals surface area (Å²) in [6.45, 7) is 33.8. The van der Waals surface area contributed by atoms with Gasteiger partial charge in [-0.2, -0.15) is 0 Å². The lowest BCUT2D eigenvalue weighted by molar-refractivity contribution is 0.332. The van der Waals surface area contributed by atoms with E-state index in [0.717, 1.165) is 6.42 Å². The van der Waals surface area contributed by atoms with Crippen molar-refractivity contribution in [2.45, 2.75) is 143 Å². The predicted molar refractivity (Wildman–Crippen MR) is 265 cm³/mol. The molecule has 0 spiro atoms. The second-order valence-electron chi connectivity index (χ2n) is 23.1.